The smallest absolute Gasteiger partial charge is 0.316 e. The van der Waals surface area contributed by atoms with Gasteiger partial charge in [-0.2, -0.15) is 4.98 Å². The van der Waals surface area contributed by atoms with Gasteiger partial charge in [-0.25, -0.2) is 4.98 Å². The average molecular weight is 375 g/mol. The first-order valence-corrected chi connectivity index (χ1v) is 8.70. The molecule has 2 aromatic heterocycles. The third-order valence-electron chi connectivity index (χ3n) is 4.28. The van der Waals surface area contributed by atoms with Gasteiger partial charge in [0.15, 0.2) is 5.82 Å². The summed E-state index contributed by atoms with van der Waals surface area (Å²) in [7, 11) is 0. The molecule has 8 nitrogen and oxygen atoms in total. The topological polar surface area (TPSA) is 103 Å². The quantitative estimate of drug-likeness (QED) is 0.573. The van der Waals surface area contributed by atoms with Gasteiger partial charge in [0.05, 0.1) is 23.8 Å². The number of nitrogens with zero attached hydrogens (tertiary/aromatic N) is 4. The lowest BCUT2D eigenvalue weighted by atomic mass is 10.1. The van der Waals surface area contributed by atoms with E-state index < -0.39 is 5.91 Å². The predicted octanol–water partition coefficient (Wildman–Crippen LogP) is 2.07. The highest BCUT2D eigenvalue weighted by molar-refractivity contribution is 5.89. The number of carbonyl (C=O) groups excluding carboxylic acids is 1. The zero-order chi connectivity index (χ0) is 19.5. The Morgan fingerprint density at radius 3 is 2.75 bits per heavy atom. The molecule has 140 valence electrons. The minimum atomic E-state index is -0.469. The van der Waals surface area contributed by atoms with Crippen molar-refractivity contribution in [2.75, 3.05) is 0 Å². The van der Waals surface area contributed by atoms with E-state index in [4.69, 9.17) is 4.52 Å². The monoisotopic (exact) mass is 375 g/mol. The van der Waals surface area contributed by atoms with Crippen molar-refractivity contribution < 1.29 is 9.32 Å². The fourth-order valence-electron chi connectivity index (χ4n) is 2.75. The van der Waals surface area contributed by atoms with E-state index in [2.05, 4.69) is 20.4 Å². The number of benzene rings is 2. The van der Waals surface area contributed by atoms with Gasteiger partial charge in [0, 0.05) is 6.54 Å². The maximum Gasteiger partial charge on any atom is 0.316 e. The molecule has 0 unspecified atom stereocenters. The van der Waals surface area contributed by atoms with Gasteiger partial charge in [0.2, 0.25) is 0 Å². The fraction of sp³-hybridized carbons (Fsp3) is 0.150. The minimum Gasteiger partial charge on any atom is -0.344 e. The van der Waals surface area contributed by atoms with E-state index in [0.29, 0.717) is 17.4 Å². The Morgan fingerprint density at radius 1 is 1.14 bits per heavy atom. The van der Waals surface area contributed by atoms with Crippen LogP contribution in [0.1, 0.15) is 27.6 Å². The number of fused-ring (bicyclic) bond motifs is 1. The molecule has 4 aromatic rings. The Morgan fingerprint density at radius 2 is 1.93 bits per heavy atom. The van der Waals surface area contributed by atoms with Crippen molar-refractivity contribution in [3.63, 3.8) is 0 Å². The second-order valence-electron chi connectivity index (χ2n) is 6.38. The van der Waals surface area contributed by atoms with E-state index in [1.807, 2.05) is 37.3 Å². The van der Waals surface area contributed by atoms with Crippen LogP contribution in [0.3, 0.4) is 0 Å². The lowest BCUT2D eigenvalue weighted by molar-refractivity contribution is 0.0907. The lowest BCUT2D eigenvalue weighted by Gasteiger charge is -2.03. The summed E-state index contributed by atoms with van der Waals surface area (Å²) < 4.78 is 6.40. The van der Waals surface area contributed by atoms with Crippen molar-refractivity contribution in [2.24, 2.45) is 0 Å². The largest absolute Gasteiger partial charge is 0.344 e. The van der Waals surface area contributed by atoms with Crippen LogP contribution in [0.25, 0.3) is 10.9 Å². The third-order valence-corrected chi connectivity index (χ3v) is 4.28. The molecule has 2 aromatic carbocycles. The molecule has 1 N–H and O–H groups in total. The van der Waals surface area contributed by atoms with Crippen molar-refractivity contribution >= 4 is 16.8 Å². The Balaban J connectivity index is 1.45. The van der Waals surface area contributed by atoms with Crippen LogP contribution >= 0.6 is 0 Å². The molecule has 0 aliphatic rings. The van der Waals surface area contributed by atoms with Crippen molar-refractivity contribution in [3.8, 4) is 0 Å². The number of para-hydroxylation sites is 1. The minimum absolute atomic E-state index is 0.0609. The molecule has 4 rings (SSSR count). The van der Waals surface area contributed by atoms with Crippen LogP contribution in [0.2, 0.25) is 0 Å². The highest BCUT2D eigenvalue weighted by Gasteiger charge is 2.16. The van der Waals surface area contributed by atoms with Crippen molar-refractivity contribution in [2.45, 2.75) is 20.0 Å². The normalized spacial score (nSPS) is 10.9. The number of aryl methyl sites for hydroxylation is 1. The summed E-state index contributed by atoms with van der Waals surface area (Å²) in [4.78, 5) is 33.0. The van der Waals surface area contributed by atoms with Gasteiger partial charge in [0.1, 0.15) is 0 Å². The summed E-state index contributed by atoms with van der Waals surface area (Å²) in [6.45, 7) is 2.41. The number of amides is 1. The molecule has 1 amide bonds. The molecule has 0 atom stereocenters. The maximum absolute atomic E-state index is 12.5. The van der Waals surface area contributed by atoms with E-state index in [0.717, 1.165) is 11.1 Å². The van der Waals surface area contributed by atoms with E-state index in [1.165, 1.54) is 10.9 Å². The maximum atomic E-state index is 12.5. The summed E-state index contributed by atoms with van der Waals surface area (Å²) in [5, 5.41) is 7.02. The molecular weight excluding hydrogens is 358 g/mol. The summed E-state index contributed by atoms with van der Waals surface area (Å²) in [5.74, 6) is -0.396. The number of nitrogens with one attached hydrogen (secondary N) is 1. The first-order valence-electron chi connectivity index (χ1n) is 8.70. The summed E-state index contributed by atoms with van der Waals surface area (Å²) in [5.41, 5.74) is 2.52. The predicted molar refractivity (Wildman–Crippen MR) is 102 cm³/mol. The Hall–Kier alpha value is -3.81. The highest BCUT2D eigenvalue weighted by Crippen LogP contribution is 2.06. The van der Waals surface area contributed by atoms with Gasteiger partial charge in [-0.3, -0.25) is 14.2 Å². The second kappa shape index (κ2) is 7.43. The number of aromatic nitrogens is 4. The van der Waals surface area contributed by atoms with E-state index >= 15 is 0 Å². The lowest BCUT2D eigenvalue weighted by Crippen LogP contribution is -2.23. The number of hydrogen-bond donors (Lipinski definition) is 1. The molecule has 2 heterocycles. The van der Waals surface area contributed by atoms with Gasteiger partial charge >= 0.3 is 11.8 Å². The number of carbonyl (C=O) groups is 1. The van der Waals surface area contributed by atoms with Crippen molar-refractivity contribution in [1.82, 2.24) is 25.0 Å². The van der Waals surface area contributed by atoms with Crippen LogP contribution in [0.4, 0.5) is 0 Å². The first-order chi connectivity index (χ1) is 13.6. The van der Waals surface area contributed by atoms with Gasteiger partial charge < -0.3 is 9.84 Å². The molecule has 0 fully saturated rings. The summed E-state index contributed by atoms with van der Waals surface area (Å²) in [6, 6.07) is 14.9. The standard InChI is InChI=1S/C20H17N5O3/c1-13-6-8-14(9-7-13)10-21-18(26)19-23-17(24-28-19)11-25-12-22-16-5-3-2-4-15(16)20(25)27/h2-9,12H,10-11H2,1H3,(H,21,26). The van der Waals surface area contributed by atoms with Crippen LogP contribution < -0.4 is 10.9 Å². The molecule has 0 aliphatic heterocycles. The van der Waals surface area contributed by atoms with Crippen LogP contribution in [0, 0.1) is 6.92 Å². The Labute approximate surface area is 159 Å². The van der Waals surface area contributed by atoms with E-state index in [1.54, 1.807) is 18.2 Å². The molecule has 0 saturated carbocycles. The summed E-state index contributed by atoms with van der Waals surface area (Å²) >= 11 is 0. The van der Waals surface area contributed by atoms with E-state index in [-0.39, 0.29) is 23.8 Å². The summed E-state index contributed by atoms with van der Waals surface area (Å²) in [6.07, 6.45) is 1.43. The zero-order valence-electron chi connectivity index (χ0n) is 15.1. The molecule has 0 radical (unpaired) electrons. The molecule has 0 saturated heterocycles. The highest BCUT2D eigenvalue weighted by atomic mass is 16.5. The SMILES string of the molecule is Cc1ccc(CNC(=O)c2nc(Cn3cnc4ccccc4c3=O)no2)cc1. The molecular formula is C20H17N5O3. The molecule has 8 heteroatoms. The third kappa shape index (κ3) is 3.66. The fourth-order valence-corrected chi connectivity index (χ4v) is 2.75. The van der Waals surface area contributed by atoms with E-state index in [9.17, 15) is 9.59 Å². The average Bonchev–Trinajstić information content (AvgIpc) is 3.18. The van der Waals surface area contributed by atoms with Crippen LogP contribution in [0.15, 0.2) is 64.2 Å². The van der Waals surface area contributed by atoms with Crippen LogP contribution in [0.5, 0.6) is 0 Å². The zero-order valence-corrected chi connectivity index (χ0v) is 15.1. The van der Waals surface area contributed by atoms with Gasteiger partial charge in [0.25, 0.3) is 5.56 Å². The molecule has 0 aliphatic carbocycles. The molecule has 28 heavy (non-hydrogen) atoms. The van der Waals surface area contributed by atoms with Gasteiger partial charge in [-0.05, 0) is 24.6 Å². The Kier molecular flexibility index (Phi) is 4.67. The van der Waals surface area contributed by atoms with Crippen LogP contribution in [-0.4, -0.2) is 25.6 Å². The number of rotatable bonds is 5. The van der Waals surface area contributed by atoms with Gasteiger partial charge in [-0.15, -0.1) is 0 Å². The van der Waals surface area contributed by atoms with Crippen LogP contribution in [-0.2, 0) is 13.1 Å². The van der Waals surface area contributed by atoms with Crippen molar-refractivity contribution in [1.29, 1.82) is 0 Å². The van der Waals surface area contributed by atoms with Gasteiger partial charge in [-0.1, -0.05) is 47.1 Å². The first kappa shape index (κ1) is 17.6. The molecule has 0 spiro atoms. The van der Waals surface area contributed by atoms with Crippen molar-refractivity contribution in [3.05, 3.63) is 88.1 Å². The number of hydrogen-bond acceptors (Lipinski definition) is 6. The second-order valence-corrected chi connectivity index (χ2v) is 6.38. The molecule has 0 bridgehead atoms. The Bertz CT molecular complexity index is 1190.